The molecule has 3 heterocycles. The molecule has 27 heavy (non-hydrogen) atoms. The Morgan fingerprint density at radius 1 is 1.30 bits per heavy atom. The number of nitrogens with one attached hydrogen (secondary N) is 2. The second-order valence-corrected chi connectivity index (χ2v) is 8.69. The fourth-order valence-corrected chi connectivity index (χ4v) is 4.47. The Balaban J connectivity index is 1.72. The Bertz CT molecular complexity index is 1060. The molecule has 0 saturated carbocycles. The van der Waals surface area contributed by atoms with Gasteiger partial charge in [-0.05, 0) is 43.3 Å². The van der Waals surface area contributed by atoms with Crippen LogP contribution in [0.2, 0.25) is 0 Å². The van der Waals surface area contributed by atoms with Crippen LogP contribution in [0.15, 0.2) is 43.7 Å². The van der Waals surface area contributed by atoms with Crippen molar-refractivity contribution < 1.29 is 22.2 Å². The van der Waals surface area contributed by atoms with Gasteiger partial charge in [0.2, 0.25) is 15.9 Å². The molecule has 0 radical (unpaired) electrons. The molecule has 8 nitrogen and oxygen atoms in total. The van der Waals surface area contributed by atoms with Crippen molar-refractivity contribution in [3.63, 3.8) is 0 Å². The van der Waals surface area contributed by atoms with E-state index < -0.39 is 10.0 Å². The van der Waals surface area contributed by atoms with Crippen LogP contribution in [0.3, 0.4) is 0 Å². The third-order valence-corrected chi connectivity index (χ3v) is 6.42. The van der Waals surface area contributed by atoms with Gasteiger partial charge in [-0.3, -0.25) is 4.79 Å². The molecule has 1 amide bonds. The number of sulfonamides is 1. The summed E-state index contributed by atoms with van der Waals surface area (Å²) in [5, 5.41) is 6.48. The Hall–Kier alpha value is -2.69. The topological polar surface area (TPSA) is 114 Å². The summed E-state index contributed by atoms with van der Waals surface area (Å²) in [6, 6.07) is 6.59. The van der Waals surface area contributed by atoms with Crippen LogP contribution in [-0.4, -0.2) is 19.5 Å². The van der Waals surface area contributed by atoms with Crippen molar-refractivity contribution in [2.45, 2.75) is 24.6 Å². The monoisotopic (exact) mass is 407 g/mol. The Kier molecular flexibility index (Phi) is 5.59. The van der Waals surface area contributed by atoms with Gasteiger partial charge in [-0.25, -0.2) is 13.1 Å². The van der Waals surface area contributed by atoms with Crippen LogP contribution in [0.5, 0.6) is 0 Å². The standard InChI is InChI=1S/C17H17N3O5S2/c1-11-17(19-12(2)21)15(25-20-11)7-5-14-6-8-16(26-14)27(22,23)18-10-13-4-3-9-24-13/h3-9,18H,10H2,1-2H3,(H,19,21). The van der Waals surface area contributed by atoms with E-state index >= 15 is 0 Å². The molecule has 0 atom stereocenters. The first-order valence-electron chi connectivity index (χ1n) is 7.89. The van der Waals surface area contributed by atoms with Gasteiger partial charge in [-0.2, -0.15) is 0 Å². The Labute approximate surface area is 159 Å². The van der Waals surface area contributed by atoms with Gasteiger partial charge in [0.05, 0.1) is 12.8 Å². The number of amides is 1. The van der Waals surface area contributed by atoms with E-state index in [1.807, 2.05) is 0 Å². The van der Waals surface area contributed by atoms with Crippen molar-refractivity contribution >= 4 is 45.1 Å². The van der Waals surface area contributed by atoms with Crippen molar-refractivity contribution in [3.05, 3.63) is 52.6 Å². The highest BCUT2D eigenvalue weighted by Gasteiger charge is 2.17. The van der Waals surface area contributed by atoms with E-state index in [1.54, 1.807) is 37.3 Å². The van der Waals surface area contributed by atoms with Crippen molar-refractivity contribution in [2.75, 3.05) is 5.32 Å². The molecule has 0 aliphatic carbocycles. The summed E-state index contributed by atoms with van der Waals surface area (Å²) in [6.07, 6.45) is 4.81. The number of thiophene rings is 1. The predicted octanol–water partition coefficient (Wildman–Crippen LogP) is 3.24. The molecule has 0 aliphatic heterocycles. The van der Waals surface area contributed by atoms with Crippen molar-refractivity contribution in [1.29, 1.82) is 0 Å². The Morgan fingerprint density at radius 2 is 2.11 bits per heavy atom. The molecule has 0 spiro atoms. The van der Waals surface area contributed by atoms with Crippen LogP contribution in [-0.2, 0) is 21.4 Å². The zero-order valence-electron chi connectivity index (χ0n) is 14.6. The fourth-order valence-electron chi connectivity index (χ4n) is 2.21. The quantitative estimate of drug-likeness (QED) is 0.621. The van der Waals surface area contributed by atoms with Crippen LogP contribution in [0.4, 0.5) is 5.69 Å². The van der Waals surface area contributed by atoms with E-state index in [4.69, 9.17) is 8.94 Å². The lowest BCUT2D eigenvalue weighted by atomic mass is 10.2. The molecular weight excluding hydrogens is 390 g/mol. The van der Waals surface area contributed by atoms with Crippen LogP contribution in [0, 0.1) is 6.92 Å². The largest absolute Gasteiger partial charge is 0.468 e. The summed E-state index contributed by atoms with van der Waals surface area (Å²) < 4.78 is 37.7. The number of carbonyl (C=O) groups excluding carboxylic acids is 1. The number of hydrogen-bond acceptors (Lipinski definition) is 7. The van der Waals surface area contributed by atoms with Gasteiger partial charge < -0.3 is 14.3 Å². The molecule has 3 aromatic rings. The molecule has 0 unspecified atom stereocenters. The summed E-state index contributed by atoms with van der Waals surface area (Å²) >= 11 is 1.11. The Morgan fingerprint density at radius 3 is 2.81 bits per heavy atom. The summed E-state index contributed by atoms with van der Waals surface area (Å²) in [5.74, 6) is 0.681. The normalized spacial score (nSPS) is 11.9. The molecule has 0 aliphatic rings. The molecule has 2 N–H and O–H groups in total. The highest BCUT2D eigenvalue weighted by atomic mass is 32.2. The smallest absolute Gasteiger partial charge is 0.250 e. The summed E-state index contributed by atoms with van der Waals surface area (Å²) in [4.78, 5) is 12.0. The fraction of sp³-hybridized carbons (Fsp3) is 0.176. The maximum atomic E-state index is 12.4. The molecule has 10 heteroatoms. The number of aromatic nitrogens is 1. The highest BCUT2D eigenvalue weighted by molar-refractivity contribution is 7.91. The van der Waals surface area contributed by atoms with Gasteiger partial charge in [0, 0.05) is 11.8 Å². The van der Waals surface area contributed by atoms with Gasteiger partial charge in [-0.15, -0.1) is 11.3 Å². The minimum absolute atomic E-state index is 0.0792. The number of hydrogen-bond donors (Lipinski definition) is 2. The van der Waals surface area contributed by atoms with Gasteiger partial charge in [0.1, 0.15) is 21.4 Å². The van der Waals surface area contributed by atoms with Crippen LogP contribution < -0.4 is 10.0 Å². The van der Waals surface area contributed by atoms with E-state index in [1.165, 1.54) is 19.3 Å². The van der Waals surface area contributed by atoms with Crippen molar-refractivity contribution in [1.82, 2.24) is 9.88 Å². The molecule has 0 saturated heterocycles. The third kappa shape index (κ3) is 4.73. The van der Waals surface area contributed by atoms with E-state index in [-0.39, 0.29) is 16.7 Å². The number of carbonyl (C=O) groups is 1. The van der Waals surface area contributed by atoms with E-state index in [9.17, 15) is 13.2 Å². The average molecular weight is 407 g/mol. The van der Waals surface area contributed by atoms with Crippen LogP contribution in [0.25, 0.3) is 12.2 Å². The summed E-state index contributed by atoms with van der Waals surface area (Å²) in [5.41, 5.74) is 1.05. The minimum atomic E-state index is -3.64. The second kappa shape index (κ2) is 7.91. The van der Waals surface area contributed by atoms with Gasteiger partial charge in [-0.1, -0.05) is 5.16 Å². The average Bonchev–Trinajstić information content (AvgIpc) is 3.34. The maximum Gasteiger partial charge on any atom is 0.250 e. The number of anilines is 1. The summed E-state index contributed by atoms with van der Waals surface area (Å²) in [7, 11) is -3.64. The third-order valence-electron chi connectivity index (χ3n) is 3.47. The number of furan rings is 1. The van der Waals surface area contributed by atoms with Gasteiger partial charge in [0.15, 0.2) is 5.76 Å². The molecular formula is C17H17N3O5S2. The predicted molar refractivity (Wildman–Crippen MR) is 102 cm³/mol. The van der Waals surface area contributed by atoms with E-state index in [2.05, 4.69) is 15.2 Å². The lowest BCUT2D eigenvalue weighted by Gasteiger charge is -2.02. The van der Waals surface area contributed by atoms with Crippen LogP contribution in [0.1, 0.15) is 29.0 Å². The highest BCUT2D eigenvalue weighted by Crippen LogP contribution is 2.26. The molecule has 0 fully saturated rings. The maximum absolute atomic E-state index is 12.4. The van der Waals surface area contributed by atoms with Gasteiger partial charge in [0.25, 0.3) is 0 Å². The van der Waals surface area contributed by atoms with Crippen LogP contribution >= 0.6 is 11.3 Å². The van der Waals surface area contributed by atoms with Crippen molar-refractivity contribution in [2.24, 2.45) is 0 Å². The lowest BCUT2D eigenvalue weighted by molar-refractivity contribution is -0.114. The molecule has 0 aromatic carbocycles. The first-order valence-corrected chi connectivity index (χ1v) is 10.2. The second-order valence-electron chi connectivity index (χ2n) is 5.58. The number of aryl methyl sites for hydroxylation is 1. The molecule has 3 aromatic heterocycles. The zero-order chi connectivity index (χ0) is 19.4. The number of nitrogens with zero attached hydrogens (tertiary/aromatic N) is 1. The first-order chi connectivity index (χ1) is 12.8. The zero-order valence-corrected chi connectivity index (χ0v) is 16.2. The molecule has 3 rings (SSSR count). The first kappa shape index (κ1) is 19.1. The number of rotatable bonds is 7. The van der Waals surface area contributed by atoms with Crippen molar-refractivity contribution in [3.8, 4) is 0 Å². The van der Waals surface area contributed by atoms with Gasteiger partial charge >= 0.3 is 0 Å². The summed E-state index contributed by atoms with van der Waals surface area (Å²) in [6.45, 7) is 3.19. The molecule has 0 bridgehead atoms. The SMILES string of the molecule is CC(=O)Nc1c(C)noc1C=Cc1ccc(S(=O)(=O)NCc2ccco2)s1. The molecule has 142 valence electrons. The van der Waals surface area contributed by atoms with E-state index in [0.717, 1.165) is 11.3 Å². The van der Waals surface area contributed by atoms with E-state index in [0.29, 0.717) is 27.8 Å². The minimum Gasteiger partial charge on any atom is -0.468 e. The lowest BCUT2D eigenvalue weighted by Crippen LogP contribution is -2.22.